The molecule has 9 heteroatoms. The summed E-state index contributed by atoms with van der Waals surface area (Å²) in [7, 11) is 0. The van der Waals surface area contributed by atoms with Crippen molar-refractivity contribution in [3.63, 3.8) is 0 Å². The number of carbonyl (C=O) groups excluding carboxylic acids is 3. The quantitative estimate of drug-likeness (QED) is 0.541. The molecule has 0 radical (unpaired) electrons. The number of amides is 3. The van der Waals surface area contributed by atoms with Crippen molar-refractivity contribution >= 4 is 63.9 Å². The Hall–Kier alpha value is -2.54. The van der Waals surface area contributed by atoms with E-state index in [1.807, 2.05) is 0 Å². The predicted molar refractivity (Wildman–Crippen MR) is 126 cm³/mol. The molecule has 0 saturated heterocycles. The number of nitrogens with one attached hydrogen (secondary N) is 2. The number of nitrogens with zero attached hydrogens (tertiary/aromatic N) is 1. The summed E-state index contributed by atoms with van der Waals surface area (Å²) in [5.74, 6) is -1.48. The number of benzene rings is 2. The fraction of sp³-hybridized carbons (Fsp3) is 0.261. The molecule has 2 aromatic carbocycles. The number of hydrogen-bond acceptors (Lipinski definition) is 4. The first-order valence-electron chi connectivity index (χ1n) is 10.3. The predicted octanol–water partition coefficient (Wildman–Crippen LogP) is 5.49. The summed E-state index contributed by atoms with van der Waals surface area (Å²) in [6.07, 6.45) is 5.48. The topological polar surface area (TPSA) is 78.5 Å². The second kappa shape index (κ2) is 9.53. The van der Waals surface area contributed by atoms with Crippen LogP contribution in [0.1, 0.15) is 42.5 Å². The molecule has 1 saturated carbocycles. The lowest BCUT2D eigenvalue weighted by molar-refractivity contribution is -0.120. The van der Waals surface area contributed by atoms with Gasteiger partial charge in [0.2, 0.25) is 0 Å². The smallest absolute Gasteiger partial charge is 0.283 e. The molecule has 0 spiro atoms. The molecule has 1 aliphatic heterocycles. The third-order valence-corrected chi connectivity index (χ3v) is 6.72. The number of anilines is 2. The normalized spacial score (nSPS) is 17.2. The highest BCUT2D eigenvalue weighted by Crippen LogP contribution is 2.37. The summed E-state index contributed by atoms with van der Waals surface area (Å²) >= 11 is 18.4. The van der Waals surface area contributed by atoms with Crippen LogP contribution in [-0.4, -0.2) is 23.8 Å². The Morgan fingerprint density at radius 2 is 1.59 bits per heavy atom. The zero-order chi connectivity index (χ0) is 22.8. The molecule has 166 valence electrons. The van der Waals surface area contributed by atoms with E-state index in [1.54, 1.807) is 36.4 Å². The third kappa shape index (κ3) is 4.49. The lowest BCUT2D eigenvalue weighted by Gasteiger charge is -2.22. The Morgan fingerprint density at radius 1 is 0.906 bits per heavy atom. The van der Waals surface area contributed by atoms with Crippen LogP contribution in [-0.2, 0) is 9.59 Å². The molecule has 2 N–H and O–H groups in total. The largest absolute Gasteiger partial charge is 0.350 e. The lowest BCUT2D eigenvalue weighted by atomic mass is 9.95. The zero-order valence-electron chi connectivity index (χ0n) is 17.0. The van der Waals surface area contributed by atoms with E-state index in [1.165, 1.54) is 12.5 Å². The number of hydrogen-bond donors (Lipinski definition) is 2. The van der Waals surface area contributed by atoms with E-state index in [0.29, 0.717) is 11.3 Å². The molecule has 0 atom stereocenters. The summed E-state index contributed by atoms with van der Waals surface area (Å²) in [6, 6.07) is 11.5. The van der Waals surface area contributed by atoms with E-state index in [0.717, 1.165) is 30.6 Å². The van der Waals surface area contributed by atoms with Gasteiger partial charge in [0.15, 0.2) is 0 Å². The Balaban J connectivity index is 1.47. The van der Waals surface area contributed by atoms with Crippen molar-refractivity contribution < 1.29 is 14.4 Å². The van der Waals surface area contributed by atoms with E-state index in [2.05, 4.69) is 10.6 Å². The molecule has 2 aromatic rings. The van der Waals surface area contributed by atoms with Crippen molar-refractivity contribution in [1.82, 2.24) is 5.32 Å². The van der Waals surface area contributed by atoms with E-state index in [9.17, 15) is 14.4 Å². The Morgan fingerprint density at radius 3 is 2.28 bits per heavy atom. The van der Waals surface area contributed by atoms with Gasteiger partial charge in [-0.15, -0.1) is 0 Å². The van der Waals surface area contributed by atoms with Gasteiger partial charge in [0.25, 0.3) is 17.7 Å². The summed E-state index contributed by atoms with van der Waals surface area (Å²) in [5, 5.41) is 5.97. The van der Waals surface area contributed by atoms with Crippen molar-refractivity contribution in [3.8, 4) is 0 Å². The van der Waals surface area contributed by atoms with Gasteiger partial charge in [-0.3, -0.25) is 14.4 Å². The first-order valence-corrected chi connectivity index (χ1v) is 11.4. The molecule has 0 aromatic heterocycles. The molecule has 6 nitrogen and oxygen atoms in total. The van der Waals surface area contributed by atoms with Gasteiger partial charge < -0.3 is 10.6 Å². The molecule has 1 fully saturated rings. The SMILES string of the molecule is O=C(NC1CCCCC1)c1ccc(NC2=C(Cl)C(=O)N(c3cccc(Cl)c3Cl)C2=O)cc1. The molecule has 4 rings (SSSR count). The molecular formula is C23H20Cl3N3O3. The van der Waals surface area contributed by atoms with Crippen LogP contribution in [0.2, 0.25) is 10.0 Å². The molecule has 3 amide bonds. The number of imide groups is 1. The summed E-state index contributed by atoms with van der Waals surface area (Å²) < 4.78 is 0. The first kappa shape index (κ1) is 22.6. The highest BCUT2D eigenvalue weighted by Gasteiger charge is 2.40. The Bertz CT molecular complexity index is 1110. The van der Waals surface area contributed by atoms with Crippen molar-refractivity contribution in [2.75, 3.05) is 10.2 Å². The first-order chi connectivity index (χ1) is 15.4. The average molecular weight is 493 g/mol. The lowest BCUT2D eigenvalue weighted by Crippen LogP contribution is -2.36. The van der Waals surface area contributed by atoms with Crippen molar-refractivity contribution in [2.45, 2.75) is 38.1 Å². The van der Waals surface area contributed by atoms with Crippen LogP contribution in [0.5, 0.6) is 0 Å². The molecule has 0 unspecified atom stereocenters. The maximum Gasteiger partial charge on any atom is 0.283 e. The van der Waals surface area contributed by atoms with E-state index >= 15 is 0 Å². The van der Waals surface area contributed by atoms with Gasteiger partial charge in [0, 0.05) is 17.3 Å². The summed E-state index contributed by atoms with van der Waals surface area (Å²) in [6.45, 7) is 0. The monoisotopic (exact) mass is 491 g/mol. The van der Waals surface area contributed by atoms with Crippen LogP contribution in [0.3, 0.4) is 0 Å². The molecule has 1 heterocycles. The third-order valence-electron chi connectivity index (χ3n) is 5.56. The van der Waals surface area contributed by atoms with Gasteiger partial charge in [-0.25, -0.2) is 4.90 Å². The standard InChI is InChI=1S/C23H20Cl3N3O3/c24-16-7-4-8-17(18(16)25)29-22(31)19(26)20(23(29)32)27-15-11-9-13(10-12-15)21(30)28-14-5-2-1-3-6-14/h4,7-12,14,27H,1-3,5-6H2,(H,28,30). The fourth-order valence-electron chi connectivity index (χ4n) is 3.86. The molecule has 0 bridgehead atoms. The van der Waals surface area contributed by atoms with Gasteiger partial charge in [-0.1, -0.05) is 60.1 Å². The van der Waals surface area contributed by atoms with Gasteiger partial charge in [-0.2, -0.15) is 0 Å². The highest BCUT2D eigenvalue weighted by molar-refractivity contribution is 6.54. The van der Waals surface area contributed by atoms with Crippen molar-refractivity contribution in [1.29, 1.82) is 0 Å². The number of rotatable bonds is 5. The van der Waals surface area contributed by atoms with Gasteiger partial charge in [0.05, 0.1) is 15.7 Å². The van der Waals surface area contributed by atoms with E-state index in [4.69, 9.17) is 34.8 Å². The van der Waals surface area contributed by atoms with Crippen LogP contribution in [0.25, 0.3) is 0 Å². The Kier molecular flexibility index (Phi) is 6.74. The highest BCUT2D eigenvalue weighted by atomic mass is 35.5. The average Bonchev–Trinajstić information content (AvgIpc) is 3.00. The van der Waals surface area contributed by atoms with E-state index in [-0.39, 0.29) is 38.4 Å². The molecule has 2 aliphatic rings. The second-order valence-corrected chi connectivity index (χ2v) is 8.88. The van der Waals surface area contributed by atoms with Gasteiger partial charge >= 0.3 is 0 Å². The molecular weight excluding hydrogens is 473 g/mol. The number of halogens is 3. The molecule has 32 heavy (non-hydrogen) atoms. The summed E-state index contributed by atoms with van der Waals surface area (Å²) in [4.78, 5) is 38.9. The minimum atomic E-state index is -0.702. The van der Waals surface area contributed by atoms with Crippen LogP contribution in [0.15, 0.2) is 53.2 Å². The molecule has 1 aliphatic carbocycles. The van der Waals surface area contributed by atoms with Gasteiger partial charge in [-0.05, 0) is 49.2 Å². The summed E-state index contributed by atoms with van der Waals surface area (Å²) in [5.41, 5.74) is 1.10. The van der Waals surface area contributed by atoms with Crippen molar-refractivity contribution in [2.24, 2.45) is 0 Å². The van der Waals surface area contributed by atoms with Crippen LogP contribution in [0.4, 0.5) is 11.4 Å². The van der Waals surface area contributed by atoms with Crippen LogP contribution >= 0.6 is 34.8 Å². The maximum absolute atomic E-state index is 12.9. The fourth-order valence-corrected chi connectivity index (χ4v) is 4.45. The van der Waals surface area contributed by atoms with Crippen molar-refractivity contribution in [3.05, 3.63) is 68.8 Å². The Labute approximate surface area is 200 Å². The van der Waals surface area contributed by atoms with Crippen LogP contribution < -0.4 is 15.5 Å². The maximum atomic E-state index is 12.9. The zero-order valence-corrected chi connectivity index (χ0v) is 19.2. The van der Waals surface area contributed by atoms with Crippen LogP contribution in [0, 0.1) is 0 Å². The minimum absolute atomic E-state index is 0.0767. The number of carbonyl (C=O) groups is 3. The second-order valence-electron chi connectivity index (χ2n) is 7.72. The minimum Gasteiger partial charge on any atom is -0.350 e. The van der Waals surface area contributed by atoms with E-state index < -0.39 is 11.8 Å². The van der Waals surface area contributed by atoms with Gasteiger partial charge in [0.1, 0.15) is 10.7 Å².